The summed E-state index contributed by atoms with van der Waals surface area (Å²) in [5.41, 5.74) is 4.26. The third kappa shape index (κ3) is 8.55. The van der Waals surface area contributed by atoms with Crippen molar-refractivity contribution in [1.29, 1.82) is 0 Å². The van der Waals surface area contributed by atoms with Gasteiger partial charge in [-0.3, -0.25) is 29.8 Å². The van der Waals surface area contributed by atoms with Crippen molar-refractivity contribution in [2.24, 2.45) is 0 Å². The van der Waals surface area contributed by atoms with Crippen LogP contribution in [0.25, 0.3) is 12.2 Å². The maximum atomic E-state index is 12.2. The van der Waals surface area contributed by atoms with E-state index in [0.29, 0.717) is 28.9 Å². The highest BCUT2D eigenvalue weighted by molar-refractivity contribution is 6.02. The first kappa shape index (κ1) is 28.1. The molecular formula is C31H24N4O6. The summed E-state index contributed by atoms with van der Waals surface area (Å²) < 4.78 is 0. The molecule has 10 nitrogen and oxygen atoms in total. The predicted molar refractivity (Wildman–Crippen MR) is 157 cm³/mol. The van der Waals surface area contributed by atoms with E-state index in [0.717, 1.165) is 11.1 Å². The summed E-state index contributed by atoms with van der Waals surface area (Å²) in [5, 5.41) is 27.3. The molecule has 0 atom stereocenters. The number of hydrogen-bond donors (Lipinski definition) is 2. The summed E-state index contributed by atoms with van der Waals surface area (Å²) in [6.45, 7) is 0. The molecule has 0 aliphatic carbocycles. The van der Waals surface area contributed by atoms with Crippen LogP contribution in [0.2, 0.25) is 0 Å². The largest absolute Gasteiger partial charge is 0.323 e. The van der Waals surface area contributed by atoms with Gasteiger partial charge in [0.1, 0.15) is 0 Å². The molecule has 2 amide bonds. The van der Waals surface area contributed by atoms with Crippen LogP contribution in [-0.2, 0) is 16.0 Å². The standard InChI is InChI=1S/C31H24N4O6/c36-30(17-11-22-3-1-5-28(20-22)34(38)39)32-26-13-7-24(8-14-26)19-25-9-15-27(16-10-25)33-31(37)18-12-23-4-2-6-29(21-23)35(40)41/h1-18,20-21H,19H2,(H,32,36)(H,33,37). The normalized spacial score (nSPS) is 10.9. The number of rotatable bonds is 10. The first-order valence-electron chi connectivity index (χ1n) is 12.4. The Hall–Kier alpha value is -5.90. The van der Waals surface area contributed by atoms with Crippen LogP contribution < -0.4 is 10.6 Å². The minimum atomic E-state index is -0.489. The van der Waals surface area contributed by atoms with Crippen LogP contribution in [0.4, 0.5) is 22.7 Å². The van der Waals surface area contributed by atoms with Gasteiger partial charge < -0.3 is 10.6 Å². The van der Waals surface area contributed by atoms with E-state index < -0.39 is 9.85 Å². The maximum absolute atomic E-state index is 12.2. The second-order valence-corrected chi connectivity index (χ2v) is 8.92. The van der Waals surface area contributed by atoms with Crippen molar-refractivity contribution in [2.75, 3.05) is 10.6 Å². The van der Waals surface area contributed by atoms with Crippen LogP contribution in [0.5, 0.6) is 0 Å². The van der Waals surface area contributed by atoms with Gasteiger partial charge in [0, 0.05) is 47.8 Å². The Morgan fingerprint density at radius 1 is 0.610 bits per heavy atom. The molecule has 2 N–H and O–H groups in total. The van der Waals surface area contributed by atoms with Crippen LogP contribution in [-0.4, -0.2) is 21.7 Å². The number of amides is 2. The van der Waals surface area contributed by atoms with Crippen molar-refractivity contribution in [3.05, 3.63) is 152 Å². The molecule has 0 bridgehead atoms. The lowest BCUT2D eigenvalue weighted by Gasteiger charge is -2.07. The molecule has 0 spiro atoms. The number of carbonyl (C=O) groups excluding carboxylic acids is 2. The molecule has 0 aliphatic heterocycles. The monoisotopic (exact) mass is 548 g/mol. The lowest BCUT2D eigenvalue weighted by Crippen LogP contribution is -2.08. The van der Waals surface area contributed by atoms with E-state index in [-0.39, 0.29) is 23.2 Å². The molecule has 41 heavy (non-hydrogen) atoms. The number of hydrogen-bond acceptors (Lipinski definition) is 6. The first-order valence-corrected chi connectivity index (χ1v) is 12.4. The summed E-state index contributed by atoms with van der Waals surface area (Å²) in [5.74, 6) is -0.719. The van der Waals surface area contributed by atoms with Gasteiger partial charge in [0.25, 0.3) is 11.4 Å². The average Bonchev–Trinajstić information content (AvgIpc) is 2.97. The molecule has 0 radical (unpaired) electrons. The zero-order valence-corrected chi connectivity index (χ0v) is 21.6. The van der Waals surface area contributed by atoms with Gasteiger partial charge in [0.05, 0.1) is 9.85 Å². The fourth-order valence-corrected chi connectivity index (χ4v) is 3.84. The third-order valence-corrected chi connectivity index (χ3v) is 5.87. The summed E-state index contributed by atoms with van der Waals surface area (Å²) in [7, 11) is 0. The summed E-state index contributed by atoms with van der Waals surface area (Å²) in [6.07, 6.45) is 6.29. The molecule has 10 heteroatoms. The number of non-ortho nitro benzene ring substituents is 2. The van der Waals surface area contributed by atoms with Gasteiger partial charge in [-0.15, -0.1) is 0 Å². The zero-order chi connectivity index (χ0) is 29.2. The van der Waals surface area contributed by atoms with Crippen molar-refractivity contribution in [3.63, 3.8) is 0 Å². The second-order valence-electron chi connectivity index (χ2n) is 8.92. The molecule has 4 rings (SSSR count). The Morgan fingerprint density at radius 2 is 1.00 bits per heavy atom. The van der Waals surface area contributed by atoms with E-state index >= 15 is 0 Å². The number of benzene rings is 4. The Balaban J connectivity index is 1.27. The molecule has 0 saturated carbocycles. The Kier molecular flexibility index (Phi) is 9.09. The van der Waals surface area contributed by atoms with Crippen molar-refractivity contribution in [3.8, 4) is 0 Å². The molecule has 204 valence electrons. The molecule has 0 aliphatic rings. The summed E-state index contributed by atoms with van der Waals surface area (Å²) in [6, 6.07) is 26.7. The minimum Gasteiger partial charge on any atom is -0.323 e. The first-order chi connectivity index (χ1) is 19.7. The van der Waals surface area contributed by atoms with E-state index in [2.05, 4.69) is 10.6 Å². The fraction of sp³-hybridized carbons (Fsp3) is 0.0323. The smallest absolute Gasteiger partial charge is 0.270 e. The lowest BCUT2D eigenvalue weighted by atomic mass is 10.0. The SMILES string of the molecule is O=C(C=Cc1cccc([N+](=O)[O-])c1)Nc1ccc(Cc2ccc(NC(=O)C=Cc3cccc([N+](=O)[O-])c3)cc2)cc1. The summed E-state index contributed by atoms with van der Waals surface area (Å²) >= 11 is 0. The Bertz CT molecular complexity index is 1520. The molecule has 0 heterocycles. The lowest BCUT2D eigenvalue weighted by molar-refractivity contribution is -0.385. The van der Waals surface area contributed by atoms with Gasteiger partial charge in [0.15, 0.2) is 0 Å². The van der Waals surface area contributed by atoms with Crippen LogP contribution in [0.1, 0.15) is 22.3 Å². The van der Waals surface area contributed by atoms with E-state index in [1.54, 1.807) is 48.5 Å². The number of nitro groups is 2. The van der Waals surface area contributed by atoms with Gasteiger partial charge in [0.2, 0.25) is 11.8 Å². The zero-order valence-electron chi connectivity index (χ0n) is 21.6. The molecule has 4 aromatic rings. The summed E-state index contributed by atoms with van der Waals surface area (Å²) in [4.78, 5) is 45.3. The molecule has 0 aromatic heterocycles. The second kappa shape index (κ2) is 13.3. The van der Waals surface area contributed by atoms with Gasteiger partial charge in [-0.05, 0) is 65.1 Å². The van der Waals surface area contributed by atoms with Crippen LogP contribution >= 0.6 is 0 Å². The van der Waals surface area contributed by atoms with Crippen LogP contribution in [0.15, 0.2) is 109 Å². The van der Waals surface area contributed by atoms with Crippen molar-refractivity contribution >= 4 is 46.7 Å². The number of anilines is 2. The van der Waals surface area contributed by atoms with Crippen molar-refractivity contribution in [2.45, 2.75) is 6.42 Å². The van der Waals surface area contributed by atoms with Crippen LogP contribution in [0.3, 0.4) is 0 Å². The highest BCUT2D eigenvalue weighted by Gasteiger charge is 2.06. The highest BCUT2D eigenvalue weighted by atomic mass is 16.6. The highest BCUT2D eigenvalue weighted by Crippen LogP contribution is 2.18. The van der Waals surface area contributed by atoms with Crippen molar-refractivity contribution < 1.29 is 19.4 Å². The van der Waals surface area contributed by atoms with E-state index in [1.807, 2.05) is 24.3 Å². The van der Waals surface area contributed by atoms with Crippen molar-refractivity contribution in [1.82, 2.24) is 0 Å². The number of nitrogens with zero attached hydrogens (tertiary/aromatic N) is 2. The average molecular weight is 549 g/mol. The fourth-order valence-electron chi connectivity index (χ4n) is 3.84. The third-order valence-electron chi connectivity index (χ3n) is 5.87. The Morgan fingerprint density at radius 3 is 1.37 bits per heavy atom. The topological polar surface area (TPSA) is 144 Å². The predicted octanol–water partition coefficient (Wildman–Crippen LogP) is 6.40. The molecule has 0 fully saturated rings. The maximum Gasteiger partial charge on any atom is 0.270 e. The van der Waals surface area contributed by atoms with E-state index in [9.17, 15) is 29.8 Å². The van der Waals surface area contributed by atoms with Crippen LogP contribution in [0, 0.1) is 20.2 Å². The number of nitro benzene ring substituents is 2. The molecule has 0 saturated heterocycles. The Labute approximate surface area is 235 Å². The number of nitrogens with one attached hydrogen (secondary N) is 2. The van der Waals surface area contributed by atoms with E-state index in [4.69, 9.17) is 0 Å². The molecule has 4 aromatic carbocycles. The van der Waals surface area contributed by atoms with E-state index in [1.165, 1.54) is 48.6 Å². The van der Waals surface area contributed by atoms with Gasteiger partial charge in [-0.2, -0.15) is 0 Å². The van der Waals surface area contributed by atoms with Gasteiger partial charge >= 0.3 is 0 Å². The van der Waals surface area contributed by atoms with Gasteiger partial charge in [-0.25, -0.2) is 0 Å². The number of carbonyl (C=O) groups is 2. The molecule has 0 unspecified atom stereocenters. The minimum absolute atomic E-state index is 0.0462. The van der Waals surface area contributed by atoms with Gasteiger partial charge in [-0.1, -0.05) is 48.5 Å². The molecular weight excluding hydrogens is 524 g/mol. The quantitative estimate of drug-likeness (QED) is 0.133.